The molecule has 0 fully saturated rings. The summed E-state index contributed by atoms with van der Waals surface area (Å²) in [7, 11) is 0. The summed E-state index contributed by atoms with van der Waals surface area (Å²) in [5.41, 5.74) is 1.77. The number of nitrogens with zero attached hydrogens (tertiary/aromatic N) is 1. The Morgan fingerprint density at radius 2 is 2.18 bits per heavy atom. The number of carbonyl (C=O) groups is 2. The van der Waals surface area contributed by atoms with E-state index in [1.165, 1.54) is 0 Å². The zero-order valence-corrected chi connectivity index (χ0v) is 12.8. The summed E-state index contributed by atoms with van der Waals surface area (Å²) in [4.78, 5) is 25.3. The number of aryl methyl sites for hydroxylation is 1. The first-order chi connectivity index (χ1) is 10.6. The number of benzene rings is 1. The molecule has 0 unspecified atom stereocenters. The molecule has 0 atom stereocenters. The minimum Gasteiger partial charge on any atom is -0.423 e. The van der Waals surface area contributed by atoms with Crippen LogP contribution in [0.4, 0.5) is 5.69 Å². The minimum atomic E-state index is -0.353. The molecule has 1 aliphatic rings. The molecule has 1 aromatic carbocycles. The molecule has 0 saturated heterocycles. The molecule has 6 heteroatoms. The van der Waals surface area contributed by atoms with E-state index < -0.39 is 0 Å². The zero-order valence-electron chi connectivity index (χ0n) is 12.8. The van der Waals surface area contributed by atoms with Crippen LogP contribution in [-0.4, -0.2) is 43.2 Å². The number of rotatable bonds is 7. The number of hydrogen-bond acceptors (Lipinski definition) is 5. The van der Waals surface area contributed by atoms with E-state index in [2.05, 4.69) is 5.32 Å². The molecule has 0 spiro atoms. The van der Waals surface area contributed by atoms with Crippen molar-refractivity contribution in [1.82, 2.24) is 5.32 Å². The maximum absolute atomic E-state index is 12.0. The molecule has 22 heavy (non-hydrogen) atoms. The molecule has 0 saturated carbocycles. The third kappa shape index (κ3) is 4.46. The summed E-state index contributed by atoms with van der Waals surface area (Å²) in [5, 5.41) is 11.5. The molecular weight excluding hydrogens is 284 g/mol. The highest BCUT2D eigenvalue weighted by molar-refractivity contribution is 5.89. The lowest BCUT2D eigenvalue weighted by Gasteiger charge is -2.29. The second-order valence-electron chi connectivity index (χ2n) is 5.44. The van der Waals surface area contributed by atoms with Crippen molar-refractivity contribution in [1.29, 1.82) is 0 Å². The van der Waals surface area contributed by atoms with Gasteiger partial charge < -0.3 is 20.1 Å². The summed E-state index contributed by atoms with van der Waals surface area (Å²) in [5.74, 6) is 0.0334. The van der Waals surface area contributed by atoms with E-state index in [1.54, 1.807) is 11.0 Å². The zero-order chi connectivity index (χ0) is 15.9. The maximum Gasteiger partial charge on any atom is 0.331 e. The van der Waals surface area contributed by atoms with Gasteiger partial charge in [0.05, 0.1) is 12.2 Å². The number of amides is 1. The first-order valence-corrected chi connectivity index (χ1v) is 7.54. The molecule has 2 rings (SSSR count). The second kappa shape index (κ2) is 7.79. The number of hydrogen-bond donors (Lipinski definition) is 2. The monoisotopic (exact) mass is 306 g/mol. The van der Waals surface area contributed by atoms with E-state index in [9.17, 15) is 9.59 Å². The Morgan fingerprint density at radius 3 is 2.95 bits per heavy atom. The fourth-order valence-electron chi connectivity index (χ4n) is 2.37. The predicted molar refractivity (Wildman–Crippen MR) is 83.0 cm³/mol. The Morgan fingerprint density at radius 1 is 1.36 bits per heavy atom. The van der Waals surface area contributed by atoms with Crippen LogP contribution < -0.4 is 15.0 Å². The summed E-state index contributed by atoms with van der Waals surface area (Å²) in [6, 6.07) is 5.59. The normalized spacial score (nSPS) is 13.5. The van der Waals surface area contributed by atoms with Crippen LogP contribution in [0, 0.1) is 6.92 Å². The number of aliphatic hydroxyl groups is 1. The Bertz CT molecular complexity index is 545. The van der Waals surface area contributed by atoms with Crippen molar-refractivity contribution in [2.24, 2.45) is 0 Å². The van der Waals surface area contributed by atoms with E-state index in [0.29, 0.717) is 12.3 Å². The second-order valence-corrected chi connectivity index (χ2v) is 5.44. The lowest BCUT2D eigenvalue weighted by molar-refractivity contribution is -0.133. The van der Waals surface area contributed by atoms with Crippen LogP contribution in [0.3, 0.4) is 0 Å². The smallest absolute Gasteiger partial charge is 0.331 e. The minimum absolute atomic E-state index is 0.0774. The van der Waals surface area contributed by atoms with Crippen molar-refractivity contribution in [2.45, 2.75) is 26.2 Å². The number of aliphatic hydroxyl groups excluding tert-OH is 1. The van der Waals surface area contributed by atoms with Crippen molar-refractivity contribution in [2.75, 3.05) is 31.1 Å². The van der Waals surface area contributed by atoms with E-state index in [-0.39, 0.29) is 31.6 Å². The molecule has 0 bridgehead atoms. The van der Waals surface area contributed by atoms with Gasteiger partial charge in [-0.25, -0.2) is 4.79 Å². The topological polar surface area (TPSA) is 78.9 Å². The largest absolute Gasteiger partial charge is 0.423 e. The highest BCUT2D eigenvalue weighted by atomic mass is 16.5. The molecular formula is C16H22N2O4. The van der Waals surface area contributed by atoms with Gasteiger partial charge in [0.1, 0.15) is 6.54 Å². The summed E-state index contributed by atoms with van der Waals surface area (Å²) in [6.07, 6.45) is 2.47. The third-order valence-electron chi connectivity index (χ3n) is 3.49. The van der Waals surface area contributed by atoms with Gasteiger partial charge in [0, 0.05) is 13.2 Å². The number of ether oxygens (including phenoxy) is 1. The van der Waals surface area contributed by atoms with Crippen LogP contribution >= 0.6 is 0 Å². The Balaban J connectivity index is 1.90. The summed E-state index contributed by atoms with van der Waals surface area (Å²) in [6.45, 7) is 2.89. The van der Waals surface area contributed by atoms with Gasteiger partial charge in [0.15, 0.2) is 5.75 Å². The van der Waals surface area contributed by atoms with Gasteiger partial charge in [-0.05, 0) is 43.9 Å². The predicted octanol–water partition coefficient (Wildman–Crippen LogP) is 0.999. The maximum atomic E-state index is 12.0. The standard InChI is InChI=1S/C16H22N2O4/c1-12-5-6-13-14(9-12)22-16(21)11-18(13)10-15(20)17-7-3-2-4-8-19/h5-6,9,19H,2-4,7-8,10-11H2,1H3,(H,17,20). The van der Waals surface area contributed by atoms with Crippen LogP contribution in [0.2, 0.25) is 0 Å². The molecule has 1 aromatic rings. The van der Waals surface area contributed by atoms with Gasteiger partial charge in [0.25, 0.3) is 0 Å². The SMILES string of the molecule is Cc1ccc2c(c1)OC(=O)CN2CC(=O)NCCCCCO. The van der Waals surface area contributed by atoms with Gasteiger partial charge in [0.2, 0.25) is 5.91 Å². The van der Waals surface area contributed by atoms with Crippen LogP contribution in [-0.2, 0) is 9.59 Å². The number of esters is 1. The number of carbonyl (C=O) groups excluding carboxylic acids is 2. The van der Waals surface area contributed by atoms with Crippen LogP contribution in [0.15, 0.2) is 18.2 Å². The first kappa shape index (κ1) is 16.3. The van der Waals surface area contributed by atoms with Crippen LogP contribution in [0.1, 0.15) is 24.8 Å². The molecule has 1 heterocycles. The van der Waals surface area contributed by atoms with Gasteiger partial charge >= 0.3 is 5.97 Å². The molecule has 6 nitrogen and oxygen atoms in total. The summed E-state index contributed by atoms with van der Waals surface area (Å²) < 4.78 is 5.21. The number of anilines is 1. The van der Waals surface area contributed by atoms with Crippen LogP contribution in [0.25, 0.3) is 0 Å². The van der Waals surface area contributed by atoms with Gasteiger partial charge in [-0.3, -0.25) is 4.79 Å². The van der Waals surface area contributed by atoms with Gasteiger partial charge in [-0.1, -0.05) is 6.07 Å². The van der Waals surface area contributed by atoms with Crippen molar-refractivity contribution < 1.29 is 19.4 Å². The number of unbranched alkanes of at least 4 members (excludes halogenated alkanes) is 2. The molecule has 1 aliphatic heterocycles. The molecule has 0 aromatic heterocycles. The molecule has 1 amide bonds. The quantitative estimate of drug-likeness (QED) is 0.446. The highest BCUT2D eigenvalue weighted by Crippen LogP contribution is 2.32. The Labute approximate surface area is 130 Å². The first-order valence-electron chi connectivity index (χ1n) is 7.54. The van der Waals surface area contributed by atoms with Gasteiger partial charge in [-0.15, -0.1) is 0 Å². The van der Waals surface area contributed by atoms with Gasteiger partial charge in [-0.2, -0.15) is 0 Å². The summed E-state index contributed by atoms with van der Waals surface area (Å²) >= 11 is 0. The van der Waals surface area contributed by atoms with Crippen LogP contribution in [0.5, 0.6) is 5.75 Å². The van der Waals surface area contributed by atoms with E-state index in [0.717, 1.165) is 30.5 Å². The molecule has 2 N–H and O–H groups in total. The number of nitrogens with one attached hydrogen (secondary N) is 1. The van der Waals surface area contributed by atoms with E-state index in [1.807, 2.05) is 19.1 Å². The Hall–Kier alpha value is -2.08. The van der Waals surface area contributed by atoms with Crippen molar-refractivity contribution in [3.8, 4) is 5.75 Å². The number of fused-ring (bicyclic) bond motifs is 1. The van der Waals surface area contributed by atoms with Crippen molar-refractivity contribution in [3.05, 3.63) is 23.8 Å². The average molecular weight is 306 g/mol. The lowest BCUT2D eigenvalue weighted by atomic mass is 10.1. The van der Waals surface area contributed by atoms with Crippen molar-refractivity contribution >= 4 is 17.6 Å². The fourth-order valence-corrected chi connectivity index (χ4v) is 2.37. The Kier molecular flexibility index (Phi) is 5.77. The fraction of sp³-hybridized carbons (Fsp3) is 0.500. The third-order valence-corrected chi connectivity index (χ3v) is 3.49. The highest BCUT2D eigenvalue weighted by Gasteiger charge is 2.25. The average Bonchev–Trinajstić information content (AvgIpc) is 2.46. The van der Waals surface area contributed by atoms with E-state index in [4.69, 9.17) is 9.84 Å². The molecule has 0 aliphatic carbocycles. The lowest BCUT2D eigenvalue weighted by Crippen LogP contribution is -2.43. The molecule has 120 valence electrons. The van der Waals surface area contributed by atoms with Crippen molar-refractivity contribution in [3.63, 3.8) is 0 Å². The van der Waals surface area contributed by atoms with E-state index >= 15 is 0 Å². The molecule has 0 radical (unpaired) electrons.